The van der Waals surface area contributed by atoms with Crippen LogP contribution in [0.4, 0.5) is 0 Å². The second kappa shape index (κ2) is 5.48. The molecule has 2 fully saturated rings. The molecular weight excluding hydrogens is 200 g/mol. The van der Waals surface area contributed by atoms with Crippen LogP contribution >= 0.6 is 0 Å². The number of hydrogen-bond donors (Lipinski definition) is 2. The largest absolute Gasteiger partial charge is 0.390 e. The van der Waals surface area contributed by atoms with Gasteiger partial charge < -0.3 is 15.3 Å². The molecule has 2 N–H and O–H groups in total. The Labute approximate surface area is 99.2 Å². The number of likely N-dealkylation sites (tertiary alicyclic amines) is 1. The summed E-state index contributed by atoms with van der Waals surface area (Å²) in [4.78, 5) is 2.42. The number of aliphatic hydroxyl groups excluding tert-OH is 1. The molecule has 1 saturated carbocycles. The van der Waals surface area contributed by atoms with Crippen molar-refractivity contribution in [2.75, 3.05) is 26.2 Å². The van der Waals surface area contributed by atoms with Gasteiger partial charge >= 0.3 is 0 Å². The molecule has 2 rings (SSSR count). The van der Waals surface area contributed by atoms with E-state index in [4.69, 9.17) is 0 Å². The molecule has 94 valence electrons. The van der Waals surface area contributed by atoms with Gasteiger partial charge in [0.1, 0.15) is 0 Å². The summed E-state index contributed by atoms with van der Waals surface area (Å²) in [5.41, 5.74) is 0. The van der Waals surface area contributed by atoms with Gasteiger partial charge in [0.15, 0.2) is 0 Å². The van der Waals surface area contributed by atoms with Crippen LogP contribution in [-0.4, -0.2) is 48.3 Å². The van der Waals surface area contributed by atoms with Crippen LogP contribution in [0.1, 0.15) is 33.1 Å². The molecule has 2 atom stereocenters. The lowest BCUT2D eigenvalue weighted by Gasteiger charge is -2.21. The van der Waals surface area contributed by atoms with Crippen LogP contribution in [0.3, 0.4) is 0 Å². The van der Waals surface area contributed by atoms with Crippen molar-refractivity contribution in [3.63, 3.8) is 0 Å². The van der Waals surface area contributed by atoms with Crippen molar-refractivity contribution in [1.29, 1.82) is 0 Å². The maximum atomic E-state index is 9.91. The van der Waals surface area contributed by atoms with Crippen LogP contribution in [0.2, 0.25) is 0 Å². The van der Waals surface area contributed by atoms with Crippen molar-refractivity contribution >= 4 is 0 Å². The number of β-amino-alcohol motifs (C(OH)–C–C–N with tert-alkyl or cyclic N) is 1. The van der Waals surface area contributed by atoms with Crippen LogP contribution < -0.4 is 5.32 Å². The fraction of sp³-hybridized carbons (Fsp3) is 1.00. The monoisotopic (exact) mass is 226 g/mol. The highest BCUT2D eigenvalue weighted by Crippen LogP contribution is 2.23. The first-order valence-electron chi connectivity index (χ1n) is 6.79. The summed E-state index contributed by atoms with van der Waals surface area (Å²) in [5.74, 6) is 1.62. The maximum Gasteiger partial charge on any atom is 0.0791 e. The minimum Gasteiger partial charge on any atom is -0.390 e. The molecule has 0 bridgehead atoms. The molecule has 0 radical (unpaired) electrons. The zero-order chi connectivity index (χ0) is 11.5. The molecule has 1 aliphatic heterocycles. The average molecular weight is 226 g/mol. The second-order valence-corrected chi connectivity index (χ2v) is 5.89. The van der Waals surface area contributed by atoms with E-state index in [1.54, 1.807) is 0 Å². The van der Waals surface area contributed by atoms with Crippen molar-refractivity contribution < 1.29 is 5.11 Å². The highest BCUT2D eigenvalue weighted by atomic mass is 16.3. The summed E-state index contributed by atoms with van der Waals surface area (Å²) in [6, 6.07) is 0.705. The average Bonchev–Trinajstić information content (AvgIpc) is 2.95. The van der Waals surface area contributed by atoms with Gasteiger partial charge in [-0.3, -0.25) is 0 Å². The fourth-order valence-electron chi connectivity index (χ4n) is 2.53. The van der Waals surface area contributed by atoms with Crippen LogP contribution in [0.5, 0.6) is 0 Å². The van der Waals surface area contributed by atoms with E-state index in [2.05, 4.69) is 24.1 Å². The standard InChI is InChI=1S/C13H26N2O/c1-10(2)11-5-6-15(8-11)9-13(16)7-14-12-3-4-12/h10-14,16H,3-9H2,1-2H3. The van der Waals surface area contributed by atoms with E-state index in [-0.39, 0.29) is 6.10 Å². The molecule has 0 aromatic heterocycles. The van der Waals surface area contributed by atoms with Crippen molar-refractivity contribution in [2.24, 2.45) is 11.8 Å². The Kier molecular flexibility index (Phi) is 4.22. The van der Waals surface area contributed by atoms with Crippen molar-refractivity contribution in [3.8, 4) is 0 Å². The molecule has 1 aliphatic carbocycles. The van der Waals surface area contributed by atoms with E-state index in [0.29, 0.717) is 6.04 Å². The molecule has 0 spiro atoms. The van der Waals surface area contributed by atoms with E-state index in [1.807, 2.05) is 0 Å². The summed E-state index contributed by atoms with van der Waals surface area (Å²) in [6.07, 6.45) is 3.71. The molecule has 0 aromatic carbocycles. The van der Waals surface area contributed by atoms with E-state index < -0.39 is 0 Å². The summed E-state index contributed by atoms with van der Waals surface area (Å²) in [6.45, 7) is 8.58. The number of aliphatic hydroxyl groups is 1. The molecule has 1 saturated heterocycles. The Morgan fingerprint density at radius 2 is 2.06 bits per heavy atom. The second-order valence-electron chi connectivity index (χ2n) is 5.89. The normalized spacial score (nSPS) is 28.9. The number of hydrogen-bond acceptors (Lipinski definition) is 3. The Bertz CT molecular complexity index is 216. The van der Waals surface area contributed by atoms with E-state index in [9.17, 15) is 5.11 Å². The van der Waals surface area contributed by atoms with Gasteiger partial charge in [-0.15, -0.1) is 0 Å². The Balaban J connectivity index is 1.61. The van der Waals surface area contributed by atoms with E-state index >= 15 is 0 Å². The predicted molar refractivity (Wildman–Crippen MR) is 66.4 cm³/mol. The number of nitrogens with zero attached hydrogens (tertiary/aromatic N) is 1. The zero-order valence-corrected chi connectivity index (χ0v) is 10.7. The van der Waals surface area contributed by atoms with Gasteiger partial charge in [0, 0.05) is 25.7 Å². The van der Waals surface area contributed by atoms with Crippen LogP contribution in [0.15, 0.2) is 0 Å². The highest BCUT2D eigenvalue weighted by Gasteiger charge is 2.27. The van der Waals surface area contributed by atoms with E-state index in [1.165, 1.54) is 32.4 Å². The lowest BCUT2D eigenvalue weighted by atomic mass is 9.95. The van der Waals surface area contributed by atoms with Gasteiger partial charge in [0.2, 0.25) is 0 Å². The summed E-state index contributed by atoms with van der Waals surface area (Å²) < 4.78 is 0. The lowest BCUT2D eigenvalue weighted by molar-refractivity contribution is 0.120. The van der Waals surface area contributed by atoms with Gasteiger partial charge in [0.05, 0.1) is 6.10 Å². The van der Waals surface area contributed by atoms with Crippen LogP contribution in [0, 0.1) is 11.8 Å². The third-order valence-corrected chi connectivity index (χ3v) is 3.94. The predicted octanol–water partition coefficient (Wildman–Crippen LogP) is 1.08. The Morgan fingerprint density at radius 3 is 2.62 bits per heavy atom. The quantitative estimate of drug-likeness (QED) is 0.711. The summed E-state index contributed by atoms with van der Waals surface area (Å²) in [5, 5.41) is 13.3. The van der Waals surface area contributed by atoms with Crippen LogP contribution in [-0.2, 0) is 0 Å². The van der Waals surface area contributed by atoms with Gasteiger partial charge in [-0.05, 0) is 37.6 Å². The van der Waals surface area contributed by atoms with Gasteiger partial charge in [-0.1, -0.05) is 13.8 Å². The first-order valence-corrected chi connectivity index (χ1v) is 6.79. The Morgan fingerprint density at radius 1 is 1.31 bits per heavy atom. The zero-order valence-electron chi connectivity index (χ0n) is 10.7. The first kappa shape index (κ1) is 12.3. The molecule has 2 aliphatic rings. The third kappa shape index (κ3) is 3.72. The first-order chi connectivity index (χ1) is 7.65. The SMILES string of the molecule is CC(C)C1CCN(CC(O)CNC2CC2)C1. The van der Waals surface area contributed by atoms with Crippen molar-refractivity contribution in [3.05, 3.63) is 0 Å². The van der Waals surface area contributed by atoms with Crippen molar-refractivity contribution in [2.45, 2.75) is 45.3 Å². The third-order valence-electron chi connectivity index (χ3n) is 3.94. The Hall–Kier alpha value is -0.120. The van der Waals surface area contributed by atoms with Gasteiger partial charge in [-0.25, -0.2) is 0 Å². The lowest BCUT2D eigenvalue weighted by Crippen LogP contribution is -2.38. The smallest absolute Gasteiger partial charge is 0.0791 e. The van der Waals surface area contributed by atoms with Gasteiger partial charge in [-0.2, -0.15) is 0 Å². The minimum absolute atomic E-state index is 0.188. The summed E-state index contributed by atoms with van der Waals surface area (Å²) in [7, 11) is 0. The highest BCUT2D eigenvalue weighted by molar-refractivity contribution is 4.84. The molecule has 2 unspecified atom stereocenters. The minimum atomic E-state index is -0.188. The summed E-state index contributed by atoms with van der Waals surface area (Å²) >= 11 is 0. The molecular formula is C13H26N2O. The topological polar surface area (TPSA) is 35.5 Å². The maximum absolute atomic E-state index is 9.91. The fourth-order valence-corrected chi connectivity index (χ4v) is 2.53. The molecule has 0 amide bonds. The van der Waals surface area contributed by atoms with Crippen LogP contribution in [0.25, 0.3) is 0 Å². The molecule has 3 heteroatoms. The molecule has 0 aromatic rings. The molecule has 1 heterocycles. The number of rotatable bonds is 6. The van der Waals surface area contributed by atoms with E-state index in [0.717, 1.165) is 24.9 Å². The molecule has 3 nitrogen and oxygen atoms in total. The molecule has 16 heavy (non-hydrogen) atoms. The number of nitrogens with one attached hydrogen (secondary N) is 1. The van der Waals surface area contributed by atoms with Crippen molar-refractivity contribution in [1.82, 2.24) is 10.2 Å². The van der Waals surface area contributed by atoms with Gasteiger partial charge in [0.25, 0.3) is 0 Å².